The van der Waals surface area contributed by atoms with Crippen molar-refractivity contribution in [1.29, 1.82) is 0 Å². The minimum Gasteiger partial charge on any atom is -0.398 e. The van der Waals surface area contributed by atoms with Gasteiger partial charge in [-0.2, -0.15) is 0 Å². The molecule has 0 aromatic heterocycles. The Bertz CT molecular complexity index is 566. The molecular formula is C13H9ClFNO. The van der Waals surface area contributed by atoms with E-state index in [0.717, 1.165) is 0 Å². The zero-order valence-electron chi connectivity index (χ0n) is 8.78. The Morgan fingerprint density at radius 3 is 2.24 bits per heavy atom. The van der Waals surface area contributed by atoms with E-state index in [-0.39, 0.29) is 11.6 Å². The van der Waals surface area contributed by atoms with Gasteiger partial charge in [0, 0.05) is 11.1 Å². The number of nitrogens with two attached hydrogens (primary N) is 1. The van der Waals surface area contributed by atoms with Crippen LogP contribution in [0.3, 0.4) is 0 Å². The summed E-state index contributed by atoms with van der Waals surface area (Å²) < 4.78 is 12.7. The predicted molar refractivity (Wildman–Crippen MR) is 65.7 cm³/mol. The molecule has 2 N–H and O–H groups in total. The summed E-state index contributed by atoms with van der Waals surface area (Å²) in [5.74, 6) is -0.594. The van der Waals surface area contributed by atoms with E-state index in [1.54, 1.807) is 12.1 Å². The van der Waals surface area contributed by atoms with Crippen LogP contribution in [0.5, 0.6) is 0 Å². The number of halogens is 2. The van der Waals surface area contributed by atoms with Crippen molar-refractivity contribution < 1.29 is 9.18 Å². The molecule has 4 heteroatoms. The Morgan fingerprint density at radius 2 is 1.65 bits per heavy atom. The van der Waals surface area contributed by atoms with Crippen LogP contribution >= 0.6 is 11.6 Å². The van der Waals surface area contributed by atoms with Crippen LogP contribution in [0.4, 0.5) is 10.1 Å². The van der Waals surface area contributed by atoms with Crippen molar-refractivity contribution in [2.75, 3.05) is 5.73 Å². The van der Waals surface area contributed by atoms with E-state index in [4.69, 9.17) is 17.3 Å². The molecule has 2 aromatic rings. The number of carbonyl (C=O) groups is 1. The van der Waals surface area contributed by atoms with Crippen molar-refractivity contribution >= 4 is 23.1 Å². The molecule has 0 saturated heterocycles. The van der Waals surface area contributed by atoms with Gasteiger partial charge in [-0.05, 0) is 42.5 Å². The maximum absolute atomic E-state index is 12.7. The van der Waals surface area contributed by atoms with Gasteiger partial charge >= 0.3 is 0 Å². The van der Waals surface area contributed by atoms with Gasteiger partial charge in [0.25, 0.3) is 0 Å². The molecule has 0 bridgehead atoms. The van der Waals surface area contributed by atoms with Gasteiger partial charge in [-0.15, -0.1) is 0 Å². The lowest BCUT2D eigenvalue weighted by molar-refractivity contribution is 0.103. The predicted octanol–water partition coefficient (Wildman–Crippen LogP) is 3.29. The van der Waals surface area contributed by atoms with Crippen LogP contribution in [0.15, 0.2) is 42.5 Å². The largest absolute Gasteiger partial charge is 0.398 e. The zero-order chi connectivity index (χ0) is 12.4. The third-order valence-electron chi connectivity index (χ3n) is 2.37. The second-order valence-electron chi connectivity index (χ2n) is 3.57. The van der Waals surface area contributed by atoms with Crippen LogP contribution in [0.25, 0.3) is 0 Å². The number of ketones is 1. The summed E-state index contributed by atoms with van der Waals surface area (Å²) in [5, 5.41) is 0.331. The molecule has 2 aromatic carbocycles. The van der Waals surface area contributed by atoms with Gasteiger partial charge in [-0.3, -0.25) is 4.79 Å². The first kappa shape index (κ1) is 11.6. The van der Waals surface area contributed by atoms with E-state index >= 15 is 0 Å². The molecule has 2 nitrogen and oxygen atoms in total. The van der Waals surface area contributed by atoms with Crippen LogP contribution in [-0.4, -0.2) is 5.78 Å². The summed E-state index contributed by atoms with van der Waals surface area (Å²) in [6, 6.07) is 10.0. The van der Waals surface area contributed by atoms with E-state index in [9.17, 15) is 9.18 Å². The number of hydrogen-bond acceptors (Lipinski definition) is 2. The van der Waals surface area contributed by atoms with E-state index in [1.807, 2.05) is 0 Å². The first-order chi connectivity index (χ1) is 8.08. The number of anilines is 1. The van der Waals surface area contributed by atoms with Crippen molar-refractivity contribution in [3.05, 3.63) is 64.4 Å². The first-order valence-corrected chi connectivity index (χ1v) is 5.31. The SMILES string of the molecule is Nc1ccc(C(=O)c2ccc(F)cc2)cc1Cl. The van der Waals surface area contributed by atoms with Crippen LogP contribution < -0.4 is 5.73 Å². The van der Waals surface area contributed by atoms with Crippen LogP contribution in [-0.2, 0) is 0 Å². The third kappa shape index (κ3) is 2.45. The normalized spacial score (nSPS) is 10.2. The van der Waals surface area contributed by atoms with Gasteiger partial charge in [0.2, 0.25) is 0 Å². The van der Waals surface area contributed by atoms with Gasteiger partial charge in [-0.25, -0.2) is 4.39 Å². The van der Waals surface area contributed by atoms with Gasteiger partial charge in [0.1, 0.15) is 5.82 Å². The lowest BCUT2D eigenvalue weighted by Crippen LogP contribution is -2.01. The van der Waals surface area contributed by atoms with Crippen molar-refractivity contribution in [3.8, 4) is 0 Å². The molecule has 17 heavy (non-hydrogen) atoms. The number of nitrogen functional groups attached to an aromatic ring is 1. The summed E-state index contributed by atoms with van der Waals surface area (Å²) in [6.45, 7) is 0. The quantitative estimate of drug-likeness (QED) is 0.656. The van der Waals surface area contributed by atoms with Gasteiger partial charge in [-0.1, -0.05) is 11.6 Å². The minimum absolute atomic E-state index is 0.216. The Balaban J connectivity index is 2.37. The standard InChI is InChI=1S/C13H9ClFNO/c14-11-7-9(3-6-12(11)16)13(17)8-1-4-10(15)5-2-8/h1-7H,16H2. The second kappa shape index (κ2) is 4.55. The average Bonchev–Trinajstić information content (AvgIpc) is 2.33. The topological polar surface area (TPSA) is 43.1 Å². The van der Waals surface area contributed by atoms with E-state index in [0.29, 0.717) is 21.8 Å². The molecule has 0 spiro atoms. The van der Waals surface area contributed by atoms with Crippen LogP contribution in [0, 0.1) is 5.82 Å². The van der Waals surface area contributed by atoms with Gasteiger partial charge < -0.3 is 5.73 Å². The highest BCUT2D eigenvalue weighted by molar-refractivity contribution is 6.33. The maximum Gasteiger partial charge on any atom is 0.193 e. The Kier molecular flexibility index (Phi) is 3.11. The molecule has 0 aliphatic heterocycles. The van der Waals surface area contributed by atoms with Crippen LogP contribution in [0.2, 0.25) is 5.02 Å². The fourth-order valence-corrected chi connectivity index (χ4v) is 1.62. The highest BCUT2D eigenvalue weighted by Crippen LogP contribution is 2.21. The van der Waals surface area contributed by atoms with Crippen molar-refractivity contribution in [2.45, 2.75) is 0 Å². The van der Waals surface area contributed by atoms with Crippen molar-refractivity contribution in [3.63, 3.8) is 0 Å². The summed E-state index contributed by atoms with van der Waals surface area (Å²) in [5.41, 5.74) is 6.81. The monoisotopic (exact) mass is 249 g/mol. The molecule has 2 rings (SSSR count). The smallest absolute Gasteiger partial charge is 0.193 e. The lowest BCUT2D eigenvalue weighted by Gasteiger charge is -2.03. The molecule has 0 heterocycles. The third-order valence-corrected chi connectivity index (χ3v) is 2.70. The molecule has 0 saturated carbocycles. The molecule has 0 aliphatic carbocycles. The molecule has 0 fully saturated rings. The van der Waals surface area contributed by atoms with Crippen molar-refractivity contribution in [2.24, 2.45) is 0 Å². The molecular weight excluding hydrogens is 241 g/mol. The molecule has 0 atom stereocenters. The van der Waals surface area contributed by atoms with E-state index in [1.165, 1.54) is 30.3 Å². The number of carbonyl (C=O) groups excluding carboxylic acids is 1. The fourth-order valence-electron chi connectivity index (χ4n) is 1.44. The molecule has 0 aliphatic rings. The second-order valence-corrected chi connectivity index (χ2v) is 3.98. The highest BCUT2D eigenvalue weighted by atomic mass is 35.5. The summed E-state index contributed by atoms with van der Waals surface area (Å²) in [7, 11) is 0. The fraction of sp³-hybridized carbons (Fsp3) is 0. The zero-order valence-corrected chi connectivity index (χ0v) is 9.54. The van der Waals surface area contributed by atoms with E-state index < -0.39 is 0 Å². The van der Waals surface area contributed by atoms with Crippen molar-refractivity contribution in [1.82, 2.24) is 0 Å². The Labute approximate surface area is 103 Å². The first-order valence-electron chi connectivity index (χ1n) is 4.93. The Hall–Kier alpha value is -1.87. The molecule has 0 unspecified atom stereocenters. The van der Waals surface area contributed by atoms with Gasteiger partial charge in [0.15, 0.2) is 5.78 Å². The molecule has 0 amide bonds. The Morgan fingerprint density at radius 1 is 1.06 bits per heavy atom. The summed E-state index contributed by atoms with van der Waals surface area (Å²) in [4.78, 5) is 12.0. The van der Waals surface area contributed by atoms with Gasteiger partial charge in [0.05, 0.1) is 10.7 Å². The molecule has 86 valence electrons. The average molecular weight is 250 g/mol. The summed E-state index contributed by atoms with van der Waals surface area (Å²) in [6.07, 6.45) is 0. The lowest BCUT2D eigenvalue weighted by atomic mass is 10.0. The minimum atomic E-state index is -0.378. The van der Waals surface area contributed by atoms with E-state index in [2.05, 4.69) is 0 Å². The maximum atomic E-state index is 12.7. The number of rotatable bonds is 2. The highest BCUT2D eigenvalue weighted by Gasteiger charge is 2.10. The van der Waals surface area contributed by atoms with Crippen LogP contribution in [0.1, 0.15) is 15.9 Å². The molecule has 0 radical (unpaired) electrons. The summed E-state index contributed by atoms with van der Waals surface area (Å²) >= 11 is 5.83. The number of benzene rings is 2. The number of hydrogen-bond donors (Lipinski definition) is 1.